The van der Waals surface area contributed by atoms with Crippen LogP contribution >= 0.6 is 11.8 Å². The standard InChI is InChI=1S/C18H19NO4S/c20-18(13-3-1-4-15-17(13)23-11-10-22-15)19-7-6-16(24-12-8-19)14-5-2-9-21-14/h1-5,9,16H,6-8,10-12H2. The van der Waals surface area contributed by atoms with Crippen LogP contribution in [-0.4, -0.2) is 42.9 Å². The fourth-order valence-electron chi connectivity index (χ4n) is 3.09. The van der Waals surface area contributed by atoms with Gasteiger partial charge in [-0.2, -0.15) is 0 Å². The van der Waals surface area contributed by atoms with Gasteiger partial charge in [0.25, 0.3) is 5.91 Å². The molecule has 0 radical (unpaired) electrons. The minimum atomic E-state index is 0.0121. The van der Waals surface area contributed by atoms with Gasteiger partial charge in [-0.25, -0.2) is 0 Å². The molecule has 3 heterocycles. The second-order valence-corrected chi connectivity index (χ2v) is 7.10. The summed E-state index contributed by atoms with van der Waals surface area (Å²) in [6, 6.07) is 9.43. The van der Waals surface area contributed by atoms with E-state index in [9.17, 15) is 4.79 Å². The second kappa shape index (κ2) is 6.81. The van der Waals surface area contributed by atoms with Gasteiger partial charge in [0.05, 0.1) is 17.1 Å². The fourth-order valence-corrected chi connectivity index (χ4v) is 4.27. The van der Waals surface area contributed by atoms with E-state index in [0.717, 1.165) is 24.5 Å². The van der Waals surface area contributed by atoms with E-state index < -0.39 is 0 Å². The molecule has 0 N–H and O–H groups in total. The van der Waals surface area contributed by atoms with Crippen molar-refractivity contribution in [3.63, 3.8) is 0 Å². The molecule has 2 aliphatic rings. The third kappa shape index (κ3) is 2.98. The molecule has 0 bridgehead atoms. The highest BCUT2D eigenvalue weighted by molar-refractivity contribution is 7.99. The summed E-state index contributed by atoms with van der Waals surface area (Å²) >= 11 is 1.84. The van der Waals surface area contributed by atoms with Crippen LogP contribution in [0.25, 0.3) is 0 Å². The Kier molecular flexibility index (Phi) is 4.38. The highest BCUT2D eigenvalue weighted by Crippen LogP contribution is 2.37. The number of ether oxygens (including phenoxy) is 2. The zero-order chi connectivity index (χ0) is 16.4. The first kappa shape index (κ1) is 15.4. The van der Waals surface area contributed by atoms with E-state index in [1.165, 1.54) is 0 Å². The van der Waals surface area contributed by atoms with Crippen LogP contribution in [0.1, 0.15) is 27.8 Å². The van der Waals surface area contributed by atoms with Gasteiger partial charge in [-0.3, -0.25) is 4.79 Å². The molecule has 0 spiro atoms. The highest BCUT2D eigenvalue weighted by atomic mass is 32.2. The lowest BCUT2D eigenvalue weighted by atomic mass is 10.1. The van der Waals surface area contributed by atoms with Gasteiger partial charge in [-0.1, -0.05) is 6.07 Å². The predicted octanol–water partition coefficient (Wildman–Crippen LogP) is 3.37. The number of benzene rings is 1. The maximum atomic E-state index is 13.0. The van der Waals surface area contributed by atoms with Crippen molar-refractivity contribution >= 4 is 17.7 Å². The summed E-state index contributed by atoms with van der Waals surface area (Å²) in [7, 11) is 0. The molecule has 0 aliphatic carbocycles. The minimum absolute atomic E-state index is 0.0121. The van der Waals surface area contributed by atoms with Crippen LogP contribution in [0.4, 0.5) is 0 Å². The van der Waals surface area contributed by atoms with Crippen molar-refractivity contribution in [2.45, 2.75) is 11.7 Å². The number of carbonyl (C=O) groups excluding carboxylic acids is 1. The van der Waals surface area contributed by atoms with Crippen LogP contribution in [0.5, 0.6) is 11.5 Å². The van der Waals surface area contributed by atoms with E-state index >= 15 is 0 Å². The lowest BCUT2D eigenvalue weighted by Gasteiger charge is -2.24. The summed E-state index contributed by atoms with van der Waals surface area (Å²) in [5, 5.41) is 0.307. The molecule has 2 aromatic rings. The lowest BCUT2D eigenvalue weighted by Crippen LogP contribution is -2.33. The maximum absolute atomic E-state index is 13.0. The van der Waals surface area contributed by atoms with Crippen LogP contribution in [0.2, 0.25) is 0 Å². The minimum Gasteiger partial charge on any atom is -0.486 e. The summed E-state index contributed by atoms with van der Waals surface area (Å²) in [6.07, 6.45) is 2.59. The number of rotatable bonds is 2. The Hall–Kier alpha value is -2.08. The van der Waals surface area contributed by atoms with E-state index in [4.69, 9.17) is 13.9 Å². The van der Waals surface area contributed by atoms with Crippen molar-refractivity contribution in [3.05, 3.63) is 47.9 Å². The average Bonchev–Trinajstić information content (AvgIpc) is 3.05. The summed E-state index contributed by atoms with van der Waals surface area (Å²) in [5.41, 5.74) is 0.591. The fraction of sp³-hybridized carbons (Fsp3) is 0.389. The smallest absolute Gasteiger partial charge is 0.257 e. The van der Waals surface area contributed by atoms with Crippen molar-refractivity contribution in [3.8, 4) is 11.5 Å². The van der Waals surface area contributed by atoms with E-state index in [-0.39, 0.29) is 5.91 Å². The van der Waals surface area contributed by atoms with Crippen LogP contribution in [-0.2, 0) is 0 Å². The Labute approximate surface area is 144 Å². The topological polar surface area (TPSA) is 51.9 Å². The zero-order valence-corrected chi connectivity index (χ0v) is 14.1. The Morgan fingerprint density at radius 3 is 2.92 bits per heavy atom. The van der Waals surface area contributed by atoms with Gasteiger partial charge >= 0.3 is 0 Å². The lowest BCUT2D eigenvalue weighted by molar-refractivity contribution is 0.0755. The second-order valence-electron chi connectivity index (χ2n) is 5.79. The number of thioether (sulfide) groups is 1. The van der Waals surface area contributed by atoms with Crippen molar-refractivity contribution in [1.82, 2.24) is 4.90 Å². The van der Waals surface area contributed by atoms with Gasteiger partial charge in [0.15, 0.2) is 11.5 Å². The molecular weight excluding hydrogens is 326 g/mol. The Morgan fingerprint density at radius 1 is 1.12 bits per heavy atom. The zero-order valence-electron chi connectivity index (χ0n) is 13.3. The molecule has 1 saturated heterocycles. The summed E-state index contributed by atoms with van der Waals surface area (Å²) < 4.78 is 16.8. The first-order valence-corrected chi connectivity index (χ1v) is 9.21. The molecule has 1 atom stereocenters. The number of amides is 1. The third-order valence-corrected chi connectivity index (χ3v) is 5.57. The first-order valence-electron chi connectivity index (χ1n) is 8.16. The number of nitrogens with zero attached hydrogens (tertiary/aromatic N) is 1. The number of fused-ring (bicyclic) bond motifs is 1. The largest absolute Gasteiger partial charge is 0.486 e. The van der Waals surface area contributed by atoms with Crippen molar-refractivity contribution < 1.29 is 18.7 Å². The number of hydrogen-bond donors (Lipinski definition) is 0. The Morgan fingerprint density at radius 2 is 2.04 bits per heavy atom. The molecule has 24 heavy (non-hydrogen) atoms. The molecule has 1 fully saturated rings. The SMILES string of the molecule is O=C(c1cccc2c1OCCO2)N1CCSC(c2ccco2)CC1. The van der Waals surface area contributed by atoms with E-state index in [1.54, 1.807) is 6.26 Å². The molecule has 6 heteroatoms. The Balaban J connectivity index is 1.51. The van der Waals surface area contributed by atoms with E-state index in [2.05, 4.69) is 0 Å². The molecule has 4 rings (SSSR count). The van der Waals surface area contributed by atoms with Gasteiger partial charge in [0, 0.05) is 18.8 Å². The maximum Gasteiger partial charge on any atom is 0.257 e. The molecule has 1 aromatic heterocycles. The summed E-state index contributed by atoms with van der Waals surface area (Å²) in [5.74, 6) is 3.13. The monoisotopic (exact) mass is 345 g/mol. The first-order chi connectivity index (χ1) is 11.8. The summed E-state index contributed by atoms with van der Waals surface area (Å²) in [4.78, 5) is 14.9. The van der Waals surface area contributed by atoms with Gasteiger partial charge in [0.2, 0.25) is 0 Å². The molecule has 2 aliphatic heterocycles. The molecule has 1 aromatic carbocycles. The number of para-hydroxylation sites is 1. The van der Waals surface area contributed by atoms with Crippen molar-refractivity contribution in [2.75, 3.05) is 32.1 Å². The molecule has 1 amide bonds. The molecule has 5 nitrogen and oxygen atoms in total. The van der Waals surface area contributed by atoms with Crippen LogP contribution in [0.3, 0.4) is 0 Å². The van der Waals surface area contributed by atoms with Crippen LogP contribution in [0.15, 0.2) is 41.0 Å². The van der Waals surface area contributed by atoms with Gasteiger partial charge < -0.3 is 18.8 Å². The quantitative estimate of drug-likeness (QED) is 0.835. The van der Waals surface area contributed by atoms with Crippen LogP contribution < -0.4 is 9.47 Å². The van der Waals surface area contributed by atoms with Gasteiger partial charge in [-0.05, 0) is 30.7 Å². The molecule has 0 saturated carbocycles. The predicted molar refractivity (Wildman–Crippen MR) is 91.9 cm³/mol. The normalized spacial score (nSPS) is 20.5. The summed E-state index contributed by atoms with van der Waals surface area (Å²) in [6.45, 7) is 2.44. The van der Waals surface area contributed by atoms with E-state index in [1.807, 2.05) is 47.0 Å². The molecular formula is C18H19NO4S. The number of hydrogen-bond acceptors (Lipinski definition) is 5. The average molecular weight is 345 g/mol. The number of furan rings is 1. The van der Waals surface area contributed by atoms with Gasteiger partial charge in [-0.15, -0.1) is 11.8 Å². The molecule has 126 valence electrons. The van der Waals surface area contributed by atoms with Crippen molar-refractivity contribution in [1.29, 1.82) is 0 Å². The Bertz CT molecular complexity index is 716. The third-order valence-electron chi connectivity index (χ3n) is 4.29. The van der Waals surface area contributed by atoms with E-state index in [0.29, 0.717) is 42.1 Å². The number of carbonyl (C=O) groups is 1. The van der Waals surface area contributed by atoms with Gasteiger partial charge in [0.1, 0.15) is 19.0 Å². The molecule has 1 unspecified atom stereocenters. The highest BCUT2D eigenvalue weighted by Gasteiger charge is 2.27. The van der Waals surface area contributed by atoms with Crippen LogP contribution in [0, 0.1) is 0 Å². The van der Waals surface area contributed by atoms with Crippen molar-refractivity contribution in [2.24, 2.45) is 0 Å².